The van der Waals surface area contributed by atoms with Gasteiger partial charge in [-0.25, -0.2) is 17.2 Å². The SMILES string of the molecule is CNCc1ccc(F)cc1S(=O)(=O)Nc1ccncc1F. The number of nitrogens with zero attached hydrogens (tertiary/aromatic N) is 1. The zero-order valence-electron chi connectivity index (χ0n) is 11.1. The Labute approximate surface area is 121 Å². The van der Waals surface area contributed by atoms with Gasteiger partial charge in [0, 0.05) is 12.7 Å². The molecule has 0 amide bonds. The topological polar surface area (TPSA) is 71.1 Å². The number of sulfonamides is 1. The van der Waals surface area contributed by atoms with Crippen LogP contribution in [0.3, 0.4) is 0 Å². The second kappa shape index (κ2) is 6.15. The second-order valence-electron chi connectivity index (χ2n) is 4.24. The summed E-state index contributed by atoms with van der Waals surface area (Å²) in [5, 5.41) is 2.79. The highest BCUT2D eigenvalue weighted by Gasteiger charge is 2.20. The second-order valence-corrected chi connectivity index (χ2v) is 5.89. The Balaban J connectivity index is 2.44. The van der Waals surface area contributed by atoms with Crippen molar-refractivity contribution in [3.63, 3.8) is 0 Å². The lowest BCUT2D eigenvalue weighted by Gasteiger charge is -2.12. The molecule has 0 fully saturated rings. The Morgan fingerprint density at radius 1 is 1.24 bits per heavy atom. The van der Waals surface area contributed by atoms with Crippen molar-refractivity contribution in [2.45, 2.75) is 11.4 Å². The molecule has 0 unspecified atom stereocenters. The van der Waals surface area contributed by atoms with Crippen LogP contribution in [0.15, 0.2) is 41.6 Å². The van der Waals surface area contributed by atoms with Gasteiger partial charge in [-0.15, -0.1) is 0 Å². The summed E-state index contributed by atoms with van der Waals surface area (Å²) in [4.78, 5) is 3.29. The summed E-state index contributed by atoms with van der Waals surface area (Å²) in [6.07, 6.45) is 2.14. The van der Waals surface area contributed by atoms with Crippen LogP contribution < -0.4 is 10.0 Å². The van der Waals surface area contributed by atoms with Gasteiger partial charge in [-0.1, -0.05) is 6.07 Å². The molecule has 0 bridgehead atoms. The molecule has 112 valence electrons. The number of rotatable bonds is 5. The van der Waals surface area contributed by atoms with Gasteiger partial charge in [0.15, 0.2) is 5.82 Å². The van der Waals surface area contributed by atoms with E-state index in [0.717, 1.165) is 12.3 Å². The Bertz CT molecular complexity index is 751. The lowest BCUT2D eigenvalue weighted by Crippen LogP contribution is -2.18. The lowest BCUT2D eigenvalue weighted by molar-refractivity contribution is 0.590. The maximum atomic E-state index is 13.5. The van der Waals surface area contributed by atoms with Crippen LogP contribution >= 0.6 is 0 Å². The van der Waals surface area contributed by atoms with Crippen LogP contribution in [0, 0.1) is 11.6 Å². The summed E-state index contributed by atoms with van der Waals surface area (Å²) < 4.78 is 53.5. The molecular weight excluding hydrogens is 300 g/mol. The van der Waals surface area contributed by atoms with E-state index in [-0.39, 0.29) is 17.1 Å². The standard InChI is InChI=1S/C13H13F2N3O2S/c1-16-7-9-2-3-10(14)6-13(9)21(19,20)18-12-4-5-17-8-11(12)15/h2-6,8,16H,7H2,1H3,(H,17,18). The molecule has 1 aromatic carbocycles. The van der Waals surface area contributed by atoms with E-state index in [1.165, 1.54) is 24.4 Å². The van der Waals surface area contributed by atoms with Gasteiger partial charge < -0.3 is 5.32 Å². The lowest BCUT2D eigenvalue weighted by atomic mass is 10.2. The molecule has 0 saturated heterocycles. The van der Waals surface area contributed by atoms with Gasteiger partial charge in [0.1, 0.15) is 5.82 Å². The van der Waals surface area contributed by atoms with Crippen molar-refractivity contribution in [2.75, 3.05) is 11.8 Å². The molecule has 0 spiro atoms. The average Bonchev–Trinajstić information content (AvgIpc) is 2.43. The molecule has 1 heterocycles. The summed E-state index contributed by atoms with van der Waals surface area (Å²) in [7, 11) is -2.47. The molecule has 21 heavy (non-hydrogen) atoms. The van der Waals surface area contributed by atoms with Crippen LogP contribution in [0.1, 0.15) is 5.56 Å². The third-order valence-corrected chi connectivity index (χ3v) is 4.15. The van der Waals surface area contributed by atoms with E-state index in [1.54, 1.807) is 7.05 Å². The molecule has 8 heteroatoms. The summed E-state index contributed by atoms with van der Waals surface area (Å²) in [6.45, 7) is 0.231. The number of hydrogen-bond acceptors (Lipinski definition) is 4. The van der Waals surface area contributed by atoms with Crippen LogP contribution in [0.25, 0.3) is 0 Å². The Morgan fingerprint density at radius 2 is 2.00 bits per heavy atom. The predicted octanol–water partition coefficient (Wildman–Crippen LogP) is 1.88. The largest absolute Gasteiger partial charge is 0.316 e. The Hall–Kier alpha value is -2.06. The van der Waals surface area contributed by atoms with Crippen LogP contribution in [-0.2, 0) is 16.6 Å². The van der Waals surface area contributed by atoms with E-state index in [1.807, 2.05) is 0 Å². The van der Waals surface area contributed by atoms with Crippen molar-refractivity contribution in [1.29, 1.82) is 0 Å². The number of benzene rings is 1. The predicted molar refractivity (Wildman–Crippen MR) is 74.2 cm³/mol. The number of nitrogens with one attached hydrogen (secondary N) is 2. The normalized spacial score (nSPS) is 11.4. The molecule has 0 aliphatic carbocycles. The summed E-state index contributed by atoms with van der Waals surface area (Å²) in [6, 6.07) is 4.61. The van der Waals surface area contributed by atoms with Crippen LogP contribution in [-0.4, -0.2) is 20.4 Å². The molecule has 0 aliphatic heterocycles. The maximum absolute atomic E-state index is 13.5. The van der Waals surface area contributed by atoms with E-state index < -0.39 is 21.7 Å². The fourth-order valence-electron chi connectivity index (χ4n) is 1.77. The average molecular weight is 313 g/mol. The van der Waals surface area contributed by atoms with Crippen molar-refractivity contribution in [3.05, 3.63) is 53.9 Å². The quantitative estimate of drug-likeness (QED) is 0.884. The summed E-state index contributed by atoms with van der Waals surface area (Å²) >= 11 is 0. The number of hydrogen-bond donors (Lipinski definition) is 2. The van der Waals surface area contributed by atoms with Gasteiger partial charge >= 0.3 is 0 Å². The highest BCUT2D eigenvalue weighted by Crippen LogP contribution is 2.22. The molecule has 0 radical (unpaired) electrons. The zero-order chi connectivity index (χ0) is 15.5. The molecule has 0 aliphatic rings. The van der Waals surface area contributed by atoms with E-state index in [0.29, 0.717) is 5.56 Å². The number of anilines is 1. The molecule has 0 saturated carbocycles. The van der Waals surface area contributed by atoms with Gasteiger partial charge in [0.2, 0.25) is 0 Å². The minimum Gasteiger partial charge on any atom is -0.316 e. The van der Waals surface area contributed by atoms with Crippen LogP contribution in [0.2, 0.25) is 0 Å². The molecule has 2 aromatic rings. The molecule has 1 aromatic heterocycles. The van der Waals surface area contributed by atoms with Gasteiger partial charge in [-0.2, -0.15) is 0 Å². The van der Waals surface area contributed by atoms with Crippen molar-refractivity contribution >= 4 is 15.7 Å². The van der Waals surface area contributed by atoms with Gasteiger partial charge in [-0.05, 0) is 30.8 Å². The van der Waals surface area contributed by atoms with Crippen molar-refractivity contribution < 1.29 is 17.2 Å². The Kier molecular flexibility index (Phi) is 4.49. The third-order valence-electron chi connectivity index (χ3n) is 2.70. The minimum absolute atomic E-state index is 0.231. The van der Waals surface area contributed by atoms with E-state index in [2.05, 4.69) is 15.0 Å². The first-order chi connectivity index (χ1) is 9.94. The van der Waals surface area contributed by atoms with E-state index >= 15 is 0 Å². The van der Waals surface area contributed by atoms with E-state index in [9.17, 15) is 17.2 Å². The van der Waals surface area contributed by atoms with Gasteiger partial charge in [0.25, 0.3) is 10.0 Å². The summed E-state index contributed by atoms with van der Waals surface area (Å²) in [5.74, 6) is -1.50. The molecular formula is C13H13F2N3O2S. The number of aromatic nitrogens is 1. The van der Waals surface area contributed by atoms with Gasteiger partial charge in [-0.3, -0.25) is 9.71 Å². The van der Waals surface area contributed by atoms with Crippen molar-refractivity contribution in [3.8, 4) is 0 Å². The van der Waals surface area contributed by atoms with Crippen LogP contribution in [0.4, 0.5) is 14.5 Å². The molecule has 2 N–H and O–H groups in total. The van der Waals surface area contributed by atoms with Crippen molar-refractivity contribution in [1.82, 2.24) is 10.3 Å². The fraction of sp³-hybridized carbons (Fsp3) is 0.154. The smallest absolute Gasteiger partial charge is 0.262 e. The van der Waals surface area contributed by atoms with Crippen LogP contribution in [0.5, 0.6) is 0 Å². The third kappa shape index (κ3) is 3.53. The van der Waals surface area contributed by atoms with E-state index in [4.69, 9.17) is 0 Å². The Morgan fingerprint density at radius 3 is 2.67 bits per heavy atom. The number of pyridine rings is 1. The summed E-state index contributed by atoms with van der Waals surface area (Å²) in [5.41, 5.74) is 0.130. The zero-order valence-corrected chi connectivity index (χ0v) is 11.9. The molecule has 5 nitrogen and oxygen atoms in total. The highest BCUT2D eigenvalue weighted by molar-refractivity contribution is 7.92. The highest BCUT2D eigenvalue weighted by atomic mass is 32.2. The minimum atomic E-state index is -4.11. The van der Waals surface area contributed by atoms with Crippen molar-refractivity contribution in [2.24, 2.45) is 0 Å². The monoisotopic (exact) mass is 313 g/mol. The molecule has 2 rings (SSSR count). The van der Waals surface area contributed by atoms with Gasteiger partial charge in [0.05, 0.1) is 16.8 Å². The maximum Gasteiger partial charge on any atom is 0.262 e. The number of halogens is 2. The first-order valence-electron chi connectivity index (χ1n) is 5.99. The first kappa shape index (κ1) is 15.3. The fourth-order valence-corrected chi connectivity index (χ4v) is 3.09. The first-order valence-corrected chi connectivity index (χ1v) is 7.47. The molecule has 0 atom stereocenters.